The number of hydrogen-bond acceptors (Lipinski definition) is 10. The largest absolute Gasteiger partial charge is 0.462 e. The summed E-state index contributed by atoms with van der Waals surface area (Å²) in [5.41, 5.74) is -4.97. The SMILES string of the molecule is CCCC(=O)O[C@@H]1C=C[C@]2(C)[C@@H](OC(C)=O)CC/C(C)=C\[C@@H]3OC(=O)[C@]4(C)O[C@]34C(OC(C)=O)[C@H]2[C@@]1(C)O. The first-order valence-corrected chi connectivity index (χ1v) is 13.2. The van der Waals surface area contributed by atoms with Crippen molar-refractivity contribution in [2.75, 3.05) is 0 Å². The summed E-state index contributed by atoms with van der Waals surface area (Å²) in [5.74, 6) is -3.30. The molecule has 2 aliphatic heterocycles. The summed E-state index contributed by atoms with van der Waals surface area (Å²) >= 11 is 0. The average molecular weight is 535 g/mol. The molecule has 0 amide bonds. The van der Waals surface area contributed by atoms with Crippen LogP contribution in [0.2, 0.25) is 0 Å². The first-order chi connectivity index (χ1) is 17.6. The normalized spacial score (nSPS) is 44.8. The van der Waals surface area contributed by atoms with E-state index >= 15 is 0 Å². The van der Waals surface area contributed by atoms with Crippen LogP contribution >= 0.6 is 0 Å². The van der Waals surface area contributed by atoms with E-state index in [1.165, 1.54) is 20.8 Å². The van der Waals surface area contributed by atoms with Crippen molar-refractivity contribution >= 4 is 23.9 Å². The van der Waals surface area contributed by atoms with E-state index in [9.17, 15) is 24.3 Å². The number of carbonyl (C=O) groups excluding carboxylic acids is 4. The first kappa shape index (κ1) is 28.3. The van der Waals surface area contributed by atoms with Crippen LogP contribution in [0.1, 0.15) is 74.1 Å². The van der Waals surface area contributed by atoms with Crippen LogP contribution in [-0.2, 0) is 42.9 Å². The Hall–Kier alpha value is -2.72. The Balaban J connectivity index is 1.95. The zero-order valence-electron chi connectivity index (χ0n) is 23.1. The lowest BCUT2D eigenvalue weighted by molar-refractivity contribution is -0.219. The van der Waals surface area contributed by atoms with E-state index < -0.39 is 76.4 Å². The van der Waals surface area contributed by atoms with Gasteiger partial charge >= 0.3 is 23.9 Å². The molecular weight excluding hydrogens is 496 g/mol. The second kappa shape index (κ2) is 9.48. The van der Waals surface area contributed by atoms with Gasteiger partial charge in [-0.15, -0.1) is 0 Å². The maximum absolute atomic E-state index is 13.0. The lowest BCUT2D eigenvalue weighted by Crippen LogP contribution is -2.67. The molecule has 1 N–H and O–H groups in total. The predicted octanol–water partition coefficient (Wildman–Crippen LogP) is 2.70. The lowest BCUT2D eigenvalue weighted by atomic mass is 9.55. The Morgan fingerprint density at radius 2 is 1.76 bits per heavy atom. The van der Waals surface area contributed by atoms with Gasteiger partial charge < -0.3 is 28.8 Å². The van der Waals surface area contributed by atoms with Gasteiger partial charge in [0, 0.05) is 31.6 Å². The Morgan fingerprint density at radius 3 is 2.34 bits per heavy atom. The topological polar surface area (TPSA) is 138 Å². The zero-order chi connectivity index (χ0) is 28.3. The number of esters is 4. The van der Waals surface area contributed by atoms with Crippen LogP contribution in [0.25, 0.3) is 0 Å². The molecule has 38 heavy (non-hydrogen) atoms. The summed E-state index contributed by atoms with van der Waals surface area (Å²) in [5, 5.41) is 12.2. The fraction of sp³-hybridized carbons (Fsp3) is 0.714. The molecule has 0 saturated carbocycles. The molecular formula is C28H38O10. The smallest absolute Gasteiger partial charge is 0.342 e. The molecule has 0 radical (unpaired) electrons. The van der Waals surface area contributed by atoms with Crippen LogP contribution < -0.4 is 0 Å². The van der Waals surface area contributed by atoms with Crippen LogP contribution in [0.15, 0.2) is 23.8 Å². The van der Waals surface area contributed by atoms with Crippen molar-refractivity contribution in [2.24, 2.45) is 11.3 Å². The third kappa shape index (κ3) is 4.25. The van der Waals surface area contributed by atoms with Crippen LogP contribution in [0, 0.1) is 11.3 Å². The van der Waals surface area contributed by atoms with Crippen molar-refractivity contribution in [1.82, 2.24) is 0 Å². The number of fused-ring (bicyclic) bond motifs is 1. The minimum atomic E-state index is -1.83. The number of aliphatic hydroxyl groups is 1. The van der Waals surface area contributed by atoms with Gasteiger partial charge in [-0.05, 0) is 52.2 Å². The molecule has 0 aromatic heterocycles. The number of allylic oxidation sites excluding steroid dienone is 1. The summed E-state index contributed by atoms with van der Waals surface area (Å²) in [6, 6.07) is 0. The lowest BCUT2D eigenvalue weighted by Gasteiger charge is -2.55. The maximum atomic E-state index is 13.0. The van der Waals surface area contributed by atoms with E-state index in [2.05, 4.69) is 0 Å². The molecule has 210 valence electrons. The molecule has 4 aliphatic rings. The van der Waals surface area contributed by atoms with E-state index in [1.54, 1.807) is 32.1 Å². The van der Waals surface area contributed by atoms with Crippen molar-refractivity contribution in [1.29, 1.82) is 0 Å². The van der Waals surface area contributed by atoms with E-state index in [0.29, 0.717) is 19.3 Å². The molecule has 10 heteroatoms. The standard InChI is InChI=1S/C28H38O10/c1-8-9-21(31)36-19-12-13-25(5)18(34-16(3)29)11-10-15(2)14-20-28(27(7,38-28)24(32)37-20)23(35-17(4)30)22(25)26(19,6)33/h12-14,18-20,22-23,33H,8-11H2,1-7H3/b15-14-/t18-,19+,20-,22+,23?,25+,26-,27-,28-/m0/s1. The summed E-state index contributed by atoms with van der Waals surface area (Å²) in [4.78, 5) is 50.3. The highest BCUT2D eigenvalue weighted by Gasteiger charge is 2.87. The molecule has 2 fully saturated rings. The van der Waals surface area contributed by atoms with Crippen molar-refractivity contribution < 1.29 is 48.0 Å². The van der Waals surface area contributed by atoms with Crippen LogP contribution in [0.5, 0.6) is 0 Å². The second-order valence-electron chi connectivity index (χ2n) is 11.5. The monoisotopic (exact) mass is 534 g/mol. The molecule has 9 atom stereocenters. The zero-order valence-corrected chi connectivity index (χ0v) is 23.1. The molecule has 1 unspecified atom stereocenters. The van der Waals surface area contributed by atoms with Gasteiger partial charge in [-0.2, -0.15) is 0 Å². The van der Waals surface area contributed by atoms with Gasteiger partial charge in [0.15, 0.2) is 17.3 Å². The minimum Gasteiger partial charge on any atom is -0.462 e. The summed E-state index contributed by atoms with van der Waals surface area (Å²) in [7, 11) is 0. The van der Waals surface area contributed by atoms with Gasteiger partial charge in [0.25, 0.3) is 0 Å². The quantitative estimate of drug-likeness (QED) is 0.242. The fourth-order valence-electron chi connectivity index (χ4n) is 6.69. The van der Waals surface area contributed by atoms with E-state index in [0.717, 1.165) is 5.57 Å². The number of carbonyl (C=O) groups is 4. The molecule has 0 aromatic rings. The van der Waals surface area contributed by atoms with Gasteiger partial charge in [0.2, 0.25) is 0 Å². The van der Waals surface area contributed by atoms with Gasteiger partial charge in [-0.1, -0.05) is 25.5 Å². The molecule has 4 rings (SSSR count). The highest BCUT2D eigenvalue weighted by Crippen LogP contribution is 2.65. The van der Waals surface area contributed by atoms with Crippen LogP contribution in [0.4, 0.5) is 0 Å². The molecule has 0 bridgehead atoms. The van der Waals surface area contributed by atoms with Gasteiger partial charge in [-0.25, -0.2) is 4.79 Å². The third-order valence-electron chi connectivity index (χ3n) is 8.60. The van der Waals surface area contributed by atoms with Gasteiger partial charge in [-0.3, -0.25) is 14.4 Å². The van der Waals surface area contributed by atoms with E-state index in [1.807, 2.05) is 13.8 Å². The van der Waals surface area contributed by atoms with Gasteiger partial charge in [0.1, 0.15) is 23.9 Å². The first-order valence-electron chi connectivity index (χ1n) is 13.2. The van der Waals surface area contributed by atoms with Crippen molar-refractivity contribution in [3.05, 3.63) is 23.8 Å². The molecule has 0 aromatic carbocycles. The van der Waals surface area contributed by atoms with Crippen molar-refractivity contribution in [3.8, 4) is 0 Å². The van der Waals surface area contributed by atoms with E-state index in [4.69, 9.17) is 23.7 Å². The van der Waals surface area contributed by atoms with Crippen molar-refractivity contribution in [2.45, 2.75) is 115 Å². The number of epoxide rings is 1. The Morgan fingerprint density at radius 1 is 1.11 bits per heavy atom. The Labute approximate surface area is 222 Å². The highest BCUT2D eigenvalue weighted by molar-refractivity contribution is 5.89. The van der Waals surface area contributed by atoms with Crippen LogP contribution in [0.3, 0.4) is 0 Å². The molecule has 10 nitrogen and oxygen atoms in total. The van der Waals surface area contributed by atoms with Crippen LogP contribution in [-0.4, -0.2) is 70.2 Å². The number of hydrogen-bond donors (Lipinski definition) is 1. The third-order valence-corrected chi connectivity index (χ3v) is 8.60. The molecule has 1 spiro atoms. The predicted molar refractivity (Wildman–Crippen MR) is 132 cm³/mol. The van der Waals surface area contributed by atoms with Crippen molar-refractivity contribution in [3.63, 3.8) is 0 Å². The summed E-state index contributed by atoms with van der Waals surface area (Å²) in [6.07, 6.45) is 2.75. The molecule has 2 saturated heterocycles. The average Bonchev–Trinajstić information content (AvgIpc) is 3.38. The minimum absolute atomic E-state index is 0.158. The second-order valence-corrected chi connectivity index (χ2v) is 11.5. The Kier molecular flexibility index (Phi) is 7.06. The van der Waals surface area contributed by atoms with Gasteiger partial charge in [0.05, 0.1) is 0 Å². The maximum Gasteiger partial charge on any atom is 0.342 e. The summed E-state index contributed by atoms with van der Waals surface area (Å²) < 4.78 is 29.4. The Bertz CT molecular complexity index is 1090. The van der Waals surface area contributed by atoms with E-state index in [-0.39, 0.29) is 6.42 Å². The number of rotatable bonds is 5. The molecule has 2 aliphatic carbocycles. The highest BCUT2D eigenvalue weighted by atomic mass is 16.7. The molecule has 2 heterocycles. The fourth-order valence-corrected chi connectivity index (χ4v) is 6.69. The number of ether oxygens (including phenoxy) is 5. The summed E-state index contributed by atoms with van der Waals surface area (Å²) in [6.45, 7) is 11.1.